The molecule has 4 rings (SSSR count). The van der Waals surface area contributed by atoms with E-state index in [0.717, 1.165) is 33.7 Å². The molecule has 2 heterocycles. The van der Waals surface area contributed by atoms with Gasteiger partial charge in [-0.15, -0.1) is 0 Å². The molecule has 0 bridgehead atoms. The first kappa shape index (κ1) is 21.5. The maximum atomic E-state index is 14.9. The molecule has 0 spiro atoms. The molecule has 2 aromatic carbocycles. The summed E-state index contributed by atoms with van der Waals surface area (Å²) < 4.78 is 17.0. The predicted octanol–water partition coefficient (Wildman–Crippen LogP) is 4.36. The number of aromatic nitrogens is 3. The largest absolute Gasteiger partial charge is 0.397 e. The Morgan fingerprint density at radius 2 is 1.88 bits per heavy atom. The number of fused-ring (bicyclic) bond motifs is 1. The minimum absolute atomic E-state index is 0.338. The molecule has 164 valence electrons. The molecule has 1 atom stereocenters. The molecule has 4 aromatic rings. The summed E-state index contributed by atoms with van der Waals surface area (Å²) in [5, 5.41) is 1.61. The van der Waals surface area contributed by atoms with Gasteiger partial charge in [0.05, 0.1) is 16.7 Å². The number of hydrogen-bond acceptors (Lipinski definition) is 5. The van der Waals surface area contributed by atoms with Gasteiger partial charge in [0.2, 0.25) is 0 Å². The van der Waals surface area contributed by atoms with Crippen molar-refractivity contribution in [2.24, 2.45) is 11.6 Å². The molecule has 6 nitrogen and oxygen atoms in total. The van der Waals surface area contributed by atoms with Gasteiger partial charge in [0.1, 0.15) is 23.4 Å². The molecule has 0 saturated carbocycles. The number of rotatable bonds is 6. The Bertz CT molecular complexity index is 1280. The SMILES string of the molecule is CCN(N)/C(C)=C(\N)c1ccc2nc(C)n(C(c3ccccc3)c3ncccc3F)c2c1. The van der Waals surface area contributed by atoms with Crippen LogP contribution in [0.4, 0.5) is 4.39 Å². The highest BCUT2D eigenvalue weighted by Crippen LogP contribution is 2.33. The number of benzene rings is 2. The fraction of sp³-hybridized carbons (Fsp3) is 0.200. The molecule has 0 saturated heterocycles. The van der Waals surface area contributed by atoms with Gasteiger partial charge in [0.15, 0.2) is 0 Å². The molecule has 4 N–H and O–H groups in total. The Labute approximate surface area is 187 Å². The summed E-state index contributed by atoms with van der Waals surface area (Å²) in [7, 11) is 0. The number of imidazole rings is 1. The van der Waals surface area contributed by atoms with Crippen molar-refractivity contribution in [1.29, 1.82) is 0 Å². The summed E-state index contributed by atoms with van der Waals surface area (Å²) in [6.07, 6.45) is 1.61. The van der Waals surface area contributed by atoms with Gasteiger partial charge in [-0.1, -0.05) is 36.4 Å². The molecule has 0 aliphatic carbocycles. The van der Waals surface area contributed by atoms with E-state index in [1.54, 1.807) is 17.3 Å². The lowest BCUT2D eigenvalue weighted by Gasteiger charge is -2.22. The standard InChI is InChI=1S/C25H27FN6/c1-4-31(28)16(2)23(27)19-12-13-21-22(15-19)32(17(3)30-21)25(18-9-6-5-7-10-18)24-20(26)11-8-14-29-24/h5-15,25H,4,27-28H2,1-3H3/b23-16-. The Hall–Kier alpha value is -3.71. The lowest BCUT2D eigenvalue weighted by Crippen LogP contribution is -2.30. The first-order chi connectivity index (χ1) is 15.4. The van der Waals surface area contributed by atoms with E-state index in [-0.39, 0.29) is 5.82 Å². The molecule has 0 aliphatic heterocycles. The van der Waals surface area contributed by atoms with Crippen LogP contribution in [0.25, 0.3) is 16.7 Å². The third-order valence-corrected chi connectivity index (χ3v) is 5.76. The summed E-state index contributed by atoms with van der Waals surface area (Å²) in [4.78, 5) is 9.13. The Kier molecular flexibility index (Phi) is 5.92. The zero-order chi connectivity index (χ0) is 22.8. The van der Waals surface area contributed by atoms with Gasteiger partial charge in [-0.25, -0.2) is 15.2 Å². The topological polar surface area (TPSA) is 86.0 Å². The number of pyridine rings is 1. The molecule has 2 aromatic heterocycles. The normalized spacial score (nSPS) is 13.2. The first-order valence-electron chi connectivity index (χ1n) is 10.5. The van der Waals surface area contributed by atoms with E-state index in [9.17, 15) is 4.39 Å². The van der Waals surface area contributed by atoms with Gasteiger partial charge in [-0.05, 0) is 50.6 Å². The van der Waals surface area contributed by atoms with Crippen molar-refractivity contribution in [3.8, 4) is 0 Å². The van der Waals surface area contributed by atoms with Gasteiger partial charge in [0.25, 0.3) is 0 Å². The summed E-state index contributed by atoms with van der Waals surface area (Å²) in [6, 6.07) is 18.1. The number of hydrogen-bond donors (Lipinski definition) is 2. The van der Waals surface area contributed by atoms with Gasteiger partial charge < -0.3 is 15.3 Å². The van der Waals surface area contributed by atoms with Gasteiger partial charge in [0, 0.05) is 24.0 Å². The van der Waals surface area contributed by atoms with Crippen LogP contribution in [0.5, 0.6) is 0 Å². The molecule has 1 unspecified atom stereocenters. The third kappa shape index (κ3) is 3.83. The van der Waals surface area contributed by atoms with Gasteiger partial charge in [-0.3, -0.25) is 4.98 Å². The summed E-state index contributed by atoms with van der Waals surface area (Å²) in [5.41, 5.74) is 11.5. The predicted molar refractivity (Wildman–Crippen MR) is 126 cm³/mol. The van der Waals surface area contributed by atoms with Crippen LogP contribution in [-0.4, -0.2) is 26.1 Å². The van der Waals surface area contributed by atoms with Crippen LogP contribution >= 0.6 is 0 Å². The molecular weight excluding hydrogens is 403 g/mol. The first-order valence-corrected chi connectivity index (χ1v) is 10.5. The summed E-state index contributed by atoms with van der Waals surface area (Å²) >= 11 is 0. The maximum Gasteiger partial charge on any atom is 0.147 e. The maximum absolute atomic E-state index is 14.9. The highest BCUT2D eigenvalue weighted by molar-refractivity contribution is 5.82. The fourth-order valence-corrected chi connectivity index (χ4v) is 3.97. The van der Waals surface area contributed by atoms with Crippen molar-refractivity contribution < 1.29 is 4.39 Å². The zero-order valence-electron chi connectivity index (χ0n) is 18.5. The number of aryl methyl sites for hydroxylation is 1. The highest BCUT2D eigenvalue weighted by Gasteiger charge is 2.25. The number of halogens is 1. The molecule has 0 radical (unpaired) electrons. The lowest BCUT2D eigenvalue weighted by atomic mass is 10.0. The van der Waals surface area contributed by atoms with Crippen LogP contribution in [0.1, 0.15) is 42.5 Å². The number of nitrogens with zero attached hydrogens (tertiary/aromatic N) is 4. The van der Waals surface area contributed by atoms with E-state index in [1.807, 2.05) is 73.9 Å². The number of nitrogens with two attached hydrogens (primary N) is 2. The second-order valence-electron chi connectivity index (χ2n) is 7.70. The molecule has 32 heavy (non-hydrogen) atoms. The van der Waals surface area contributed by atoms with E-state index in [4.69, 9.17) is 16.6 Å². The van der Waals surface area contributed by atoms with Gasteiger partial charge in [-0.2, -0.15) is 0 Å². The quantitative estimate of drug-likeness (QED) is 0.351. The summed E-state index contributed by atoms with van der Waals surface area (Å²) in [6.45, 7) is 6.41. The van der Waals surface area contributed by atoms with Crippen molar-refractivity contribution >= 4 is 16.7 Å². The van der Waals surface area contributed by atoms with Crippen LogP contribution < -0.4 is 11.6 Å². The minimum atomic E-state index is -0.481. The third-order valence-electron chi connectivity index (χ3n) is 5.76. The van der Waals surface area contributed by atoms with Crippen LogP contribution in [0, 0.1) is 12.7 Å². The van der Waals surface area contributed by atoms with Crippen LogP contribution in [0.15, 0.2) is 72.6 Å². The second kappa shape index (κ2) is 8.80. The van der Waals surface area contributed by atoms with Crippen molar-refractivity contribution in [3.63, 3.8) is 0 Å². The average Bonchev–Trinajstić information content (AvgIpc) is 3.14. The van der Waals surface area contributed by atoms with Crippen LogP contribution in [0.2, 0.25) is 0 Å². The van der Waals surface area contributed by atoms with Crippen molar-refractivity contribution in [2.45, 2.75) is 26.8 Å². The Morgan fingerprint density at radius 3 is 2.56 bits per heavy atom. The second-order valence-corrected chi connectivity index (χ2v) is 7.70. The molecular formula is C25H27FN6. The smallest absolute Gasteiger partial charge is 0.147 e. The zero-order valence-corrected chi connectivity index (χ0v) is 18.5. The monoisotopic (exact) mass is 430 g/mol. The van der Waals surface area contributed by atoms with Crippen LogP contribution in [-0.2, 0) is 0 Å². The molecule has 0 aliphatic rings. The van der Waals surface area contributed by atoms with E-state index >= 15 is 0 Å². The Morgan fingerprint density at radius 1 is 1.12 bits per heavy atom. The fourth-order valence-electron chi connectivity index (χ4n) is 3.97. The van der Waals surface area contributed by atoms with E-state index in [2.05, 4.69) is 4.98 Å². The van der Waals surface area contributed by atoms with E-state index < -0.39 is 6.04 Å². The molecule has 0 fully saturated rings. The van der Waals surface area contributed by atoms with E-state index in [0.29, 0.717) is 17.9 Å². The molecule has 0 amide bonds. The average molecular weight is 431 g/mol. The summed E-state index contributed by atoms with van der Waals surface area (Å²) in [5.74, 6) is 6.44. The van der Waals surface area contributed by atoms with E-state index in [1.165, 1.54) is 6.07 Å². The van der Waals surface area contributed by atoms with Crippen molar-refractivity contribution in [3.05, 3.63) is 101 Å². The highest BCUT2D eigenvalue weighted by atomic mass is 19.1. The number of hydrazine groups is 1. The number of allylic oxidation sites excluding steroid dienone is 1. The van der Waals surface area contributed by atoms with Crippen molar-refractivity contribution in [1.82, 2.24) is 19.5 Å². The van der Waals surface area contributed by atoms with Crippen LogP contribution in [0.3, 0.4) is 0 Å². The van der Waals surface area contributed by atoms with Crippen molar-refractivity contribution in [2.75, 3.05) is 6.54 Å². The minimum Gasteiger partial charge on any atom is -0.397 e. The lowest BCUT2D eigenvalue weighted by molar-refractivity contribution is 0.382. The Balaban J connectivity index is 1.97. The molecule has 7 heteroatoms. The van der Waals surface area contributed by atoms with Gasteiger partial charge >= 0.3 is 0 Å².